The van der Waals surface area contributed by atoms with Crippen molar-refractivity contribution in [3.8, 4) is 0 Å². The zero-order chi connectivity index (χ0) is 17.5. The van der Waals surface area contributed by atoms with E-state index in [1.54, 1.807) is 11.8 Å². The predicted molar refractivity (Wildman–Crippen MR) is 102 cm³/mol. The molecule has 134 valence electrons. The molecule has 1 aliphatic rings. The van der Waals surface area contributed by atoms with E-state index in [2.05, 4.69) is 18.9 Å². The van der Waals surface area contributed by atoms with Gasteiger partial charge in [-0.25, -0.2) is 5.01 Å². The number of halogens is 1. The normalized spacial score (nSPS) is 19.6. The molecule has 1 saturated heterocycles. The van der Waals surface area contributed by atoms with E-state index in [-0.39, 0.29) is 6.04 Å². The fraction of sp³-hybridized carbons (Fsp3) is 0.611. The van der Waals surface area contributed by atoms with Crippen LogP contribution in [0.3, 0.4) is 0 Å². The highest BCUT2D eigenvalue weighted by atomic mass is 35.5. The van der Waals surface area contributed by atoms with Crippen LogP contribution >= 0.6 is 23.4 Å². The van der Waals surface area contributed by atoms with E-state index >= 15 is 0 Å². The topological polar surface area (TPSA) is 49.6 Å². The van der Waals surface area contributed by atoms with Crippen molar-refractivity contribution in [3.63, 3.8) is 0 Å². The molecule has 4 nitrogen and oxygen atoms in total. The van der Waals surface area contributed by atoms with E-state index in [9.17, 15) is 4.79 Å². The minimum absolute atomic E-state index is 0.194. The second-order valence-corrected chi connectivity index (χ2v) is 8.37. The van der Waals surface area contributed by atoms with Gasteiger partial charge in [0.25, 0.3) is 0 Å². The molecule has 1 fully saturated rings. The zero-order valence-corrected chi connectivity index (χ0v) is 16.1. The minimum Gasteiger partial charge on any atom is -0.330 e. The molecule has 0 radical (unpaired) electrons. The highest BCUT2D eigenvalue weighted by molar-refractivity contribution is 7.99. The van der Waals surface area contributed by atoms with Crippen LogP contribution in [-0.2, 0) is 4.79 Å². The van der Waals surface area contributed by atoms with Crippen molar-refractivity contribution in [2.45, 2.75) is 37.6 Å². The lowest BCUT2D eigenvalue weighted by atomic mass is 10.1. The van der Waals surface area contributed by atoms with E-state index in [0.29, 0.717) is 18.4 Å². The summed E-state index contributed by atoms with van der Waals surface area (Å²) in [7, 11) is 0. The number of rotatable bonds is 9. The van der Waals surface area contributed by atoms with Crippen molar-refractivity contribution < 1.29 is 4.79 Å². The van der Waals surface area contributed by atoms with Gasteiger partial charge in [-0.05, 0) is 55.5 Å². The molecule has 1 unspecified atom stereocenters. The van der Waals surface area contributed by atoms with Crippen LogP contribution in [0.2, 0.25) is 5.02 Å². The van der Waals surface area contributed by atoms with Crippen LogP contribution in [0.4, 0.5) is 0 Å². The molecule has 1 aromatic rings. The molecule has 0 saturated carbocycles. The molecule has 1 amide bonds. The van der Waals surface area contributed by atoms with Gasteiger partial charge in [-0.2, -0.15) is 0 Å². The van der Waals surface area contributed by atoms with E-state index in [1.807, 2.05) is 29.3 Å². The fourth-order valence-electron chi connectivity index (χ4n) is 3.12. The molecule has 0 spiro atoms. The first-order chi connectivity index (χ1) is 11.5. The number of carbonyl (C=O) groups is 1. The molecule has 1 aliphatic heterocycles. The highest BCUT2D eigenvalue weighted by Crippen LogP contribution is 2.27. The number of thioether (sulfide) groups is 1. The summed E-state index contributed by atoms with van der Waals surface area (Å²) in [6.07, 6.45) is 3.05. The largest absolute Gasteiger partial charge is 0.330 e. The van der Waals surface area contributed by atoms with E-state index in [0.717, 1.165) is 43.1 Å². The summed E-state index contributed by atoms with van der Waals surface area (Å²) >= 11 is 7.73. The maximum absolute atomic E-state index is 11.8. The van der Waals surface area contributed by atoms with Crippen molar-refractivity contribution >= 4 is 29.8 Å². The molecule has 0 aliphatic carbocycles. The Kier molecular flexibility index (Phi) is 7.88. The molecule has 24 heavy (non-hydrogen) atoms. The molecular weight excluding hydrogens is 342 g/mol. The molecule has 0 aromatic heterocycles. The Bertz CT molecular complexity index is 511. The third-order valence-corrected chi connectivity index (χ3v) is 5.81. The number of benzene rings is 1. The van der Waals surface area contributed by atoms with Crippen LogP contribution in [0, 0.1) is 11.8 Å². The molecule has 1 aromatic carbocycles. The van der Waals surface area contributed by atoms with Gasteiger partial charge in [0, 0.05) is 28.8 Å². The molecule has 2 N–H and O–H groups in total. The second-order valence-electron chi connectivity index (χ2n) is 6.84. The Morgan fingerprint density at radius 1 is 1.42 bits per heavy atom. The third kappa shape index (κ3) is 5.66. The number of nitrogens with two attached hydrogens (primary N) is 1. The van der Waals surface area contributed by atoms with Gasteiger partial charge in [-0.15, -0.1) is 11.8 Å². The fourth-order valence-corrected chi connectivity index (χ4v) is 4.25. The molecule has 6 heteroatoms. The number of amides is 1. The summed E-state index contributed by atoms with van der Waals surface area (Å²) in [5.41, 5.74) is 5.79. The van der Waals surface area contributed by atoms with Gasteiger partial charge in [0.2, 0.25) is 6.41 Å². The van der Waals surface area contributed by atoms with Crippen molar-refractivity contribution in [2.75, 3.05) is 25.4 Å². The first kappa shape index (κ1) is 19.6. The number of hydrogen-bond acceptors (Lipinski definition) is 4. The lowest BCUT2D eigenvalue weighted by Crippen LogP contribution is -2.48. The summed E-state index contributed by atoms with van der Waals surface area (Å²) in [5, 5.41) is 4.84. The quantitative estimate of drug-likeness (QED) is 0.534. The van der Waals surface area contributed by atoms with Gasteiger partial charge in [-0.3, -0.25) is 9.80 Å². The third-order valence-electron chi connectivity index (χ3n) is 4.41. The van der Waals surface area contributed by atoms with Crippen molar-refractivity contribution in [1.29, 1.82) is 0 Å². The summed E-state index contributed by atoms with van der Waals surface area (Å²) in [6.45, 7) is 6.90. The second kappa shape index (κ2) is 9.66. The van der Waals surface area contributed by atoms with Crippen LogP contribution < -0.4 is 5.73 Å². The lowest BCUT2D eigenvalue weighted by Gasteiger charge is -2.36. The highest BCUT2D eigenvalue weighted by Gasteiger charge is 2.30. The van der Waals surface area contributed by atoms with Gasteiger partial charge >= 0.3 is 0 Å². The first-order valence-corrected chi connectivity index (χ1v) is 9.96. The van der Waals surface area contributed by atoms with Crippen LogP contribution in [0.25, 0.3) is 0 Å². The van der Waals surface area contributed by atoms with E-state index in [1.165, 1.54) is 4.90 Å². The van der Waals surface area contributed by atoms with Crippen LogP contribution in [0.1, 0.15) is 26.7 Å². The Morgan fingerprint density at radius 2 is 2.12 bits per heavy atom. The van der Waals surface area contributed by atoms with E-state index < -0.39 is 0 Å². The molecular formula is C18H28ClN3OS. The number of nitrogens with zero attached hydrogens (tertiary/aromatic N) is 2. The average molecular weight is 370 g/mol. The number of hydrazine groups is 1. The zero-order valence-electron chi connectivity index (χ0n) is 14.5. The van der Waals surface area contributed by atoms with Gasteiger partial charge in [0.05, 0.1) is 6.04 Å². The SMILES string of the molecule is CC(C)CC(CSc1ccc(Cl)cc1)N(C=O)N1CC[C@H](CN)C1. The van der Waals surface area contributed by atoms with Gasteiger partial charge in [0.1, 0.15) is 0 Å². The van der Waals surface area contributed by atoms with Gasteiger partial charge in [-0.1, -0.05) is 25.4 Å². The van der Waals surface area contributed by atoms with Crippen molar-refractivity contribution in [3.05, 3.63) is 29.3 Å². The predicted octanol–water partition coefficient (Wildman–Crippen LogP) is 3.50. The Balaban J connectivity index is 2.02. The van der Waals surface area contributed by atoms with Gasteiger partial charge in [0.15, 0.2) is 0 Å². The summed E-state index contributed by atoms with van der Waals surface area (Å²) in [5.74, 6) is 1.91. The number of carbonyl (C=O) groups excluding carboxylic acids is 1. The summed E-state index contributed by atoms with van der Waals surface area (Å²) in [6, 6.07) is 8.08. The molecule has 1 heterocycles. The van der Waals surface area contributed by atoms with E-state index in [4.69, 9.17) is 17.3 Å². The monoisotopic (exact) mass is 369 g/mol. The minimum atomic E-state index is 0.194. The van der Waals surface area contributed by atoms with Crippen LogP contribution in [0.15, 0.2) is 29.2 Å². The van der Waals surface area contributed by atoms with Crippen molar-refractivity contribution in [2.24, 2.45) is 17.6 Å². The van der Waals surface area contributed by atoms with Gasteiger partial charge < -0.3 is 5.73 Å². The smallest absolute Gasteiger partial charge is 0.224 e. The van der Waals surface area contributed by atoms with Crippen LogP contribution in [0.5, 0.6) is 0 Å². The Hall–Kier alpha value is -0.750. The average Bonchev–Trinajstić information content (AvgIpc) is 3.03. The van der Waals surface area contributed by atoms with Crippen LogP contribution in [-0.4, -0.2) is 47.9 Å². The molecule has 0 bridgehead atoms. The molecule has 2 rings (SSSR count). The number of hydrogen-bond donors (Lipinski definition) is 1. The maximum Gasteiger partial charge on any atom is 0.224 e. The first-order valence-electron chi connectivity index (χ1n) is 8.60. The Morgan fingerprint density at radius 3 is 2.67 bits per heavy atom. The van der Waals surface area contributed by atoms with Crippen molar-refractivity contribution in [1.82, 2.24) is 10.0 Å². The lowest BCUT2D eigenvalue weighted by molar-refractivity contribution is -0.138. The molecule has 2 atom stereocenters. The summed E-state index contributed by atoms with van der Waals surface area (Å²) in [4.78, 5) is 13.0. The standard InChI is InChI=1S/C18H28ClN3OS/c1-14(2)9-17(12-24-18-5-3-16(19)4-6-18)22(13-23)21-8-7-15(10-20)11-21/h3-6,13-15,17H,7-12,20H2,1-2H3/t15-,17?/m1/s1. The Labute approximate surface area is 154 Å². The summed E-state index contributed by atoms with van der Waals surface area (Å²) < 4.78 is 0. The maximum atomic E-state index is 11.8.